The number of carbonyl (C=O) groups is 1. The fourth-order valence-electron chi connectivity index (χ4n) is 1.66. The summed E-state index contributed by atoms with van der Waals surface area (Å²) in [5.74, 6) is -0.428. The number of hydrogen-bond donors (Lipinski definition) is 0. The number of pyridine rings is 1. The molecule has 0 saturated carbocycles. The third-order valence-electron chi connectivity index (χ3n) is 2.54. The summed E-state index contributed by atoms with van der Waals surface area (Å²) >= 11 is 9.36. The molecule has 6 heteroatoms. The molecule has 0 amide bonds. The molecular weight excluding hydrogens is 454 g/mol. The molecule has 0 N–H and O–H groups in total. The molecule has 1 aromatic heterocycles. The van der Waals surface area contributed by atoms with Crippen LogP contribution in [0.5, 0.6) is 0 Å². The number of carbonyl (C=O) groups excluding carboxylic acids is 1. The Bertz CT molecular complexity index is 580. The van der Waals surface area contributed by atoms with Crippen molar-refractivity contribution in [2.24, 2.45) is 0 Å². The van der Waals surface area contributed by atoms with E-state index in [1.165, 1.54) is 5.56 Å². The molecule has 0 spiro atoms. The molecule has 0 aliphatic heterocycles. The van der Waals surface area contributed by atoms with Crippen LogP contribution in [-0.2, 0) is 11.3 Å². The molecule has 0 aliphatic carbocycles. The number of esters is 1. The molecule has 20 heavy (non-hydrogen) atoms. The Morgan fingerprint density at radius 3 is 2.20 bits per heavy atom. The summed E-state index contributed by atoms with van der Waals surface area (Å²) in [6.07, 6.45) is 3.70. The largest absolute Gasteiger partial charge is 0.423 e. The molecule has 0 bridgehead atoms. The van der Waals surface area contributed by atoms with E-state index < -0.39 is 8.30 Å². The highest BCUT2D eigenvalue weighted by molar-refractivity contribution is 9.39. The molecule has 0 radical (unpaired) electrons. The first-order chi connectivity index (χ1) is 9.44. The molecule has 0 saturated heterocycles. The fraction of sp³-hybridized carbons (Fsp3) is 0.143. The molecule has 1 aromatic carbocycles. The zero-order valence-electron chi connectivity index (χ0n) is 10.3. The number of halogens is 3. The summed E-state index contributed by atoms with van der Waals surface area (Å²) < 4.78 is 6.05. The van der Waals surface area contributed by atoms with Crippen molar-refractivity contribution in [2.75, 3.05) is 0 Å². The maximum atomic E-state index is 11.8. The monoisotopic (exact) mass is 462 g/mol. The Morgan fingerprint density at radius 1 is 1.05 bits per heavy atom. The Hall–Kier alpha value is -0.720. The van der Waals surface area contributed by atoms with Crippen LogP contribution in [0.3, 0.4) is 0 Å². The van der Waals surface area contributed by atoms with Crippen LogP contribution in [0.15, 0.2) is 54.9 Å². The SMILES string of the molecule is O=C(OC(Br)(Br)Br)c1cc[n+](Cc2ccccc2)cc1. The molecule has 1 heterocycles. The number of aromatic nitrogens is 1. The van der Waals surface area contributed by atoms with E-state index >= 15 is 0 Å². The molecule has 0 atom stereocenters. The highest BCUT2D eigenvalue weighted by atomic mass is 80.0. The van der Waals surface area contributed by atoms with Gasteiger partial charge in [-0.3, -0.25) is 0 Å². The van der Waals surface area contributed by atoms with Crippen molar-refractivity contribution >= 4 is 53.8 Å². The smallest absolute Gasteiger partial charge is 0.341 e. The van der Waals surface area contributed by atoms with Crippen molar-refractivity contribution in [1.82, 2.24) is 0 Å². The van der Waals surface area contributed by atoms with Crippen LogP contribution in [0, 0.1) is 0 Å². The van der Waals surface area contributed by atoms with E-state index in [9.17, 15) is 4.79 Å². The molecule has 2 aromatic rings. The van der Waals surface area contributed by atoms with Crippen molar-refractivity contribution in [3.05, 3.63) is 66.0 Å². The van der Waals surface area contributed by atoms with Crippen molar-refractivity contribution in [3.8, 4) is 0 Å². The Kier molecular flexibility index (Phi) is 5.35. The third kappa shape index (κ3) is 5.00. The summed E-state index contributed by atoms with van der Waals surface area (Å²) in [5, 5.41) is 0. The second-order valence-electron chi connectivity index (χ2n) is 4.08. The summed E-state index contributed by atoms with van der Waals surface area (Å²) in [6.45, 7) is 0.759. The lowest BCUT2D eigenvalue weighted by atomic mass is 10.2. The highest BCUT2D eigenvalue weighted by Gasteiger charge is 2.24. The Labute approximate surface area is 142 Å². The number of hydrogen-bond acceptors (Lipinski definition) is 2. The van der Waals surface area contributed by atoms with E-state index in [4.69, 9.17) is 4.74 Å². The molecule has 2 rings (SSSR count). The lowest BCUT2D eigenvalue weighted by molar-refractivity contribution is -0.688. The lowest BCUT2D eigenvalue weighted by Crippen LogP contribution is -2.33. The normalized spacial score (nSPS) is 11.2. The van der Waals surface area contributed by atoms with Gasteiger partial charge in [0.15, 0.2) is 18.9 Å². The van der Waals surface area contributed by atoms with Gasteiger partial charge in [0.2, 0.25) is 0 Å². The minimum Gasteiger partial charge on any atom is -0.423 e. The second kappa shape index (κ2) is 6.83. The van der Waals surface area contributed by atoms with Gasteiger partial charge in [0.25, 0.3) is 2.33 Å². The average molecular weight is 465 g/mol. The summed E-state index contributed by atoms with van der Waals surface area (Å²) in [4.78, 5) is 11.8. The van der Waals surface area contributed by atoms with E-state index in [1.54, 1.807) is 12.1 Å². The van der Waals surface area contributed by atoms with Crippen LogP contribution in [0.2, 0.25) is 0 Å². The average Bonchev–Trinajstić information content (AvgIpc) is 2.39. The summed E-state index contributed by atoms with van der Waals surface area (Å²) in [7, 11) is 0. The highest BCUT2D eigenvalue weighted by Crippen LogP contribution is 2.35. The van der Waals surface area contributed by atoms with E-state index in [0.29, 0.717) is 5.56 Å². The second-order valence-corrected chi connectivity index (χ2v) is 10.6. The van der Waals surface area contributed by atoms with Crippen LogP contribution in [0.25, 0.3) is 0 Å². The van der Waals surface area contributed by atoms with Gasteiger partial charge in [0.05, 0.1) is 5.56 Å². The van der Waals surface area contributed by atoms with Crippen LogP contribution in [0.1, 0.15) is 15.9 Å². The quantitative estimate of drug-likeness (QED) is 0.391. The van der Waals surface area contributed by atoms with E-state index in [-0.39, 0.29) is 0 Å². The van der Waals surface area contributed by atoms with Crippen molar-refractivity contribution in [1.29, 1.82) is 0 Å². The molecule has 0 unspecified atom stereocenters. The topological polar surface area (TPSA) is 30.2 Å². The van der Waals surface area contributed by atoms with Crippen LogP contribution < -0.4 is 4.57 Å². The molecule has 0 aliphatic rings. The summed E-state index contributed by atoms with van der Waals surface area (Å²) in [6, 6.07) is 13.6. The van der Waals surface area contributed by atoms with Gasteiger partial charge in [0, 0.05) is 17.7 Å². The number of alkyl halides is 3. The van der Waals surface area contributed by atoms with Gasteiger partial charge < -0.3 is 4.74 Å². The summed E-state index contributed by atoms with van der Waals surface area (Å²) in [5.41, 5.74) is 1.69. The lowest BCUT2D eigenvalue weighted by Gasteiger charge is -2.12. The van der Waals surface area contributed by atoms with Crippen molar-refractivity contribution in [3.63, 3.8) is 0 Å². The maximum absolute atomic E-state index is 11.8. The third-order valence-corrected chi connectivity index (χ3v) is 3.03. The van der Waals surface area contributed by atoms with Crippen LogP contribution in [0.4, 0.5) is 0 Å². The molecule has 104 valence electrons. The molecule has 3 nitrogen and oxygen atoms in total. The Morgan fingerprint density at radius 2 is 1.65 bits per heavy atom. The van der Waals surface area contributed by atoms with Gasteiger partial charge in [0.1, 0.15) is 0 Å². The minimum atomic E-state index is -1.03. The van der Waals surface area contributed by atoms with Gasteiger partial charge >= 0.3 is 5.97 Å². The molecule has 0 fully saturated rings. The van der Waals surface area contributed by atoms with Gasteiger partial charge in [-0.1, -0.05) is 30.3 Å². The number of benzene rings is 1. The van der Waals surface area contributed by atoms with E-state index in [0.717, 1.165) is 6.54 Å². The van der Waals surface area contributed by atoms with Gasteiger partial charge in [-0.05, 0) is 47.8 Å². The predicted molar refractivity (Wildman–Crippen MR) is 87.1 cm³/mol. The number of rotatable bonds is 3. The zero-order valence-corrected chi connectivity index (χ0v) is 15.1. The zero-order chi connectivity index (χ0) is 14.6. The van der Waals surface area contributed by atoms with E-state index in [2.05, 4.69) is 59.9 Å². The van der Waals surface area contributed by atoms with Crippen molar-refractivity contribution in [2.45, 2.75) is 8.87 Å². The first-order valence-corrected chi connectivity index (χ1v) is 8.15. The van der Waals surface area contributed by atoms with Gasteiger partial charge in [-0.2, -0.15) is 0 Å². The van der Waals surface area contributed by atoms with Gasteiger partial charge in [-0.25, -0.2) is 9.36 Å². The first-order valence-electron chi connectivity index (χ1n) is 5.77. The number of ether oxygens (including phenoxy) is 1. The Balaban J connectivity index is 2.05. The molecular formula is C14H11Br3NO2+. The predicted octanol–water partition coefficient (Wildman–Crippen LogP) is 3.98. The standard InChI is InChI=1S/C14H11Br3NO2/c15-14(16,17)20-13(19)12-6-8-18(9-7-12)10-11-4-2-1-3-5-11/h1-9H,10H2/q+1. The van der Waals surface area contributed by atoms with Gasteiger partial charge in [-0.15, -0.1) is 0 Å². The van der Waals surface area contributed by atoms with Crippen LogP contribution >= 0.6 is 47.8 Å². The maximum Gasteiger partial charge on any atom is 0.341 e. The van der Waals surface area contributed by atoms with Crippen LogP contribution in [-0.4, -0.2) is 8.30 Å². The first kappa shape index (κ1) is 15.7. The fourth-order valence-corrected chi connectivity index (χ4v) is 2.10. The number of nitrogens with zero attached hydrogens (tertiary/aromatic N) is 1. The van der Waals surface area contributed by atoms with Crippen molar-refractivity contribution < 1.29 is 14.1 Å². The van der Waals surface area contributed by atoms with E-state index in [1.807, 2.05) is 35.2 Å². The minimum absolute atomic E-state index is 0.428.